The first-order valence-electron chi connectivity index (χ1n) is 10.3. The van der Waals surface area contributed by atoms with Gasteiger partial charge in [0.05, 0.1) is 25.1 Å². The Bertz CT molecular complexity index is 1010. The molecule has 4 rings (SSSR count). The zero-order valence-corrected chi connectivity index (χ0v) is 17.7. The molecule has 2 fully saturated rings. The van der Waals surface area contributed by atoms with E-state index < -0.39 is 30.1 Å². The summed E-state index contributed by atoms with van der Waals surface area (Å²) >= 11 is 0. The number of nitrogens with zero attached hydrogens (tertiary/aromatic N) is 5. The molecule has 2 aromatic heterocycles. The van der Waals surface area contributed by atoms with Gasteiger partial charge >= 0.3 is 6.18 Å². The van der Waals surface area contributed by atoms with Crippen LogP contribution in [0.25, 0.3) is 0 Å². The predicted molar refractivity (Wildman–Crippen MR) is 107 cm³/mol. The van der Waals surface area contributed by atoms with Crippen molar-refractivity contribution >= 4 is 11.8 Å². The van der Waals surface area contributed by atoms with Crippen LogP contribution in [-0.4, -0.2) is 76.0 Å². The van der Waals surface area contributed by atoms with Gasteiger partial charge in [0.15, 0.2) is 0 Å². The minimum Gasteiger partial charge on any atom is -0.475 e. The number of hydrogen-bond acceptors (Lipinski definition) is 7. The van der Waals surface area contributed by atoms with Crippen LogP contribution in [-0.2, 0) is 20.5 Å². The van der Waals surface area contributed by atoms with Gasteiger partial charge in [0.1, 0.15) is 12.7 Å². The number of likely N-dealkylation sites (tertiary alicyclic amines) is 1. The molecule has 2 saturated heterocycles. The van der Waals surface area contributed by atoms with Gasteiger partial charge in [-0.3, -0.25) is 14.6 Å². The van der Waals surface area contributed by atoms with Crippen molar-refractivity contribution in [3.05, 3.63) is 48.2 Å². The molecule has 12 heteroatoms. The van der Waals surface area contributed by atoms with Gasteiger partial charge in [-0.2, -0.15) is 18.2 Å². The number of ether oxygens (including phenoxy) is 2. The lowest BCUT2D eigenvalue weighted by Crippen LogP contribution is -2.50. The Morgan fingerprint density at radius 1 is 1.30 bits per heavy atom. The molecule has 0 spiro atoms. The molecule has 3 atom stereocenters. The maximum absolute atomic E-state index is 13.3. The molecule has 2 aliphatic rings. The maximum atomic E-state index is 13.3. The lowest BCUT2D eigenvalue weighted by Gasteiger charge is -2.35. The highest BCUT2D eigenvalue weighted by Gasteiger charge is 2.45. The van der Waals surface area contributed by atoms with Gasteiger partial charge < -0.3 is 19.3 Å². The van der Waals surface area contributed by atoms with E-state index in [1.54, 1.807) is 35.3 Å². The molecule has 33 heavy (non-hydrogen) atoms. The second-order valence-electron chi connectivity index (χ2n) is 7.85. The molecule has 2 aliphatic heterocycles. The van der Waals surface area contributed by atoms with Gasteiger partial charge in [0, 0.05) is 44.7 Å². The summed E-state index contributed by atoms with van der Waals surface area (Å²) in [5.41, 5.74) is 0.779. The number of carbonyl (C=O) groups is 2. The van der Waals surface area contributed by atoms with E-state index in [1.807, 2.05) is 6.07 Å². The Kier molecular flexibility index (Phi) is 6.45. The molecule has 0 N–H and O–H groups in total. The SMILES string of the molecule is CN1C(=O)CC(C(=O)N2CCOC(COc3ccnc(C(F)(F)F)n3)C2)C1c1cccnc1. The van der Waals surface area contributed by atoms with E-state index in [-0.39, 0.29) is 43.9 Å². The zero-order valence-electron chi connectivity index (χ0n) is 17.7. The van der Waals surface area contributed by atoms with Crippen molar-refractivity contribution in [1.82, 2.24) is 24.8 Å². The second-order valence-corrected chi connectivity index (χ2v) is 7.85. The van der Waals surface area contributed by atoms with Gasteiger partial charge in [0.25, 0.3) is 0 Å². The highest BCUT2D eigenvalue weighted by atomic mass is 19.4. The average molecular weight is 465 g/mol. The summed E-state index contributed by atoms with van der Waals surface area (Å²) < 4.78 is 49.3. The van der Waals surface area contributed by atoms with Crippen molar-refractivity contribution in [2.45, 2.75) is 24.7 Å². The van der Waals surface area contributed by atoms with Crippen LogP contribution in [0.3, 0.4) is 0 Å². The largest absolute Gasteiger partial charge is 0.475 e. The van der Waals surface area contributed by atoms with Crippen LogP contribution in [0.1, 0.15) is 23.9 Å². The molecule has 0 aromatic carbocycles. The van der Waals surface area contributed by atoms with Crippen molar-refractivity contribution in [3.8, 4) is 5.88 Å². The van der Waals surface area contributed by atoms with Crippen LogP contribution >= 0.6 is 0 Å². The molecule has 9 nitrogen and oxygen atoms in total. The van der Waals surface area contributed by atoms with Gasteiger partial charge in [-0.15, -0.1) is 0 Å². The third-order valence-corrected chi connectivity index (χ3v) is 5.68. The maximum Gasteiger partial charge on any atom is 0.451 e. The molecule has 0 radical (unpaired) electrons. The quantitative estimate of drug-likeness (QED) is 0.663. The second kappa shape index (κ2) is 9.30. The van der Waals surface area contributed by atoms with Crippen LogP contribution in [0, 0.1) is 5.92 Å². The Hall–Kier alpha value is -3.28. The molecular formula is C21H22F3N5O4. The van der Waals surface area contributed by atoms with E-state index in [2.05, 4.69) is 15.0 Å². The minimum absolute atomic E-state index is 0.0897. The smallest absolute Gasteiger partial charge is 0.451 e. The van der Waals surface area contributed by atoms with E-state index in [9.17, 15) is 22.8 Å². The summed E-state index contributed by atoms with van der Waals surface area (Å²) in [5.74, 6) is -2.40. The standard InChI is InChI=1S/C21H22F3N5O4/c1-28-17(30)9-15(18(28)13-3-2-5-25-10-13)19(31)29-7-8-32-14(11-29)12-33-16-4-6-26-20(27-16)21(22,23)24/h2-6,10,14-15,18H,7-9,11-12H2,1H3. The van der Waals surface area contributed by atoms with Crippen LogP contribution in [0.4, 0.5) is 13.2 Å². The van der Waals surface area contributed by atoms with Crippen molar-refractivity contribution in [3.63, 3.8) is 0 Å². The summed E-state index contributed by atoms with van der Waals surface area (Å²) in [7, 11) is 1.67. The molecule has 0 aliphatic carbocycles. The number of pyridine rings is 1. The van der Waals surface area contributed by atoms with E-state index >= 15 is 0 Å². The third-order valence-electron chi connectivity index (χ3n) is 5.68. The van der Waals surface area contributed by atoms with Crippen LogP contribution < -0.4 is 4.74 Å². The summed E-state index contributed by atoms with van der Waals surface area (Å²) in [6.45, 7) is 0.679. The number of hydrogen-bond donors (Lipinski definition) is 0. The van der Waals surface area contributed by atoms with E-state index in [4.69, 9.17) is 9.47 Å². The van der Waals surface area contributed by atoms with Gasteiger partial charge in [-0.25, -0.2) is 4.98 Å². The fraction of sp³-hybridized carbons (Fsp3) is 0.476. The molecule has 2 amide bonds. The summed E-state index contributed by atoms with van der Waals surface area (Å²) in [4.78, 5) is 39.5. The van der Waals surface area contributed by atoms with Crippen LogP contribution in [0.5, 0.6) is 5.88 Å². The topological polar surface area (TPSA) is 97.8 Å². The Morgan fingerprint density at radius 2 is 2.12 bits per heavy atom. The summed E-state index contributed by atoms with van der Waals surface area (Å²) in [6, 6.07) is 4.39. The number of halogens is 3. The Morgan fingerprint density at radius 3 is 2.85 bits per heavy atom. The molecule has 0 bridgehead atoms. The molecule has 176 valence electrons. The highest BCUT2D eigenvalue weighted by molar-refractivity contribution is 5.90. The van der Waals surface area contributed by atoms with E-state index in [1.165, 1.54) is 6.07 Å². The first-order valence-corrected chi connectivity index (χ1v) is 10.3. The number of rotatable bonds is 5. The Balaban J connectivity index is 1.41. The number of amides is 2. The van der Waals surface area contributed by atoms with Crippen molar-refractivity contribution in [1.29, 1.82) is 0 Å². The minimum atomic E-state index is -4.68. The van der Waals surface area contributed by atoms with Crippen LogP contribution in [0.15, 0.2) is 36.8 Å². The zero-order chi connectivity index (χ0) is 23.6. The van der Waals surface area contributed by atoms with Crippen LogP contribution in [0.2, 0.25) is 0 Å². The predicted octanol–water partition coefficient (Wildman–Crippen LogP) is 1.72. The molecule has 2 aromatic rings. The molecular weight excluding hydrogens is 443 g/mol. The normalized spacial score (nSPS) is 23.6. The van der Waals surface area contributed by atoms with Crippen molar-refractivity contribution in [2.24, 2.45) is 5.92 Å². The number of carbonyl (C=O) groups excluding carboxylic acids is 2. The highest BCUT2D eigenvalue weighted by Crippen LogP contribution is 2.38. The number of aromatic nitrogens is 3. The van der Waals surface area contributed by atoms with Gasteiger partial charge in [0.2, 0.25) is 23.5 Å². The molecule has 3 unspecified atom stereocenters. The average Bonchev–Trinajstić information content (AvgIpc) is 3.12. The fourth-order valence-corrected chi connectivity index (χ4v) is 4.09. The van der Waals surface area contributed by atoms with Gasteiger partial charge in [-0.05, 0) is 11.6 Å². The van der Waals surface area contributed by atoms with Crippen molar-refractivity contribution < 1.29 is 32.2 Å². The summed E-state index contributed by atoms with van der Waals surface area (Å²) in [6.07, 6.45) is -0.908. The molecule has 0 saturated carbocycles. The first-order chi connectivity index (χ1) is 15.7. The lowest BCUT2D eigenvalue weighted by molar-refractivity contribution is -0.146. The fourth-order valence-electron chi connectivity index (χ4n) is 4.09. The van der Waals surface area contributed by atoms with Crippen molar-refractivity contribution in [2.75, 3.05) is 33.4 Å². The van der Waals surface area contributed by atoms with E-state index in [0.717, 1.165) is 11.8 Å². The van der Waals surface area contributed by atoms with E-state index in [0.29, 0.717) is 6.54 Å². The number of morpholine rings is 1. The lowest BCUT2D eigenvalue weighted by atomic mass is 9.93. The number of alkyl halides is 3. The Labute approximate surface area is 187 Å². The molecule has 4 heterocycles. The first kappa shape index (κ1) is 22.9. The monoisotopic (exact) mass is 465 g/mol. The van der Waals surface area contributed by atoms with Gasteiger partial charge in [-0.1, -0.05) is 6.07 Å². The third kappa shape index (κ3) is 5.05. The summed E-state index contributed by atoms with van der Waals surface area (Å²) in [5, 5.41) is 0.